The summed E-state index contributed by atoms with van der Waals surface area (Å²) in [6.45, 7) is 2.29. The van der Waals surface area contributed by atoms with Crippen LogP contribution < -0.4 is 5.32 Å². The highest BCUT2D eigenvalue weighted by atomic mass is 35.5. The molecule has 0 amide bonds. The summed E-state index contributed by atoms with van der Waals surface area (Å²) in [5, 5.41) is 3.06. The van der Waals surface area contributed by atoms with E-state index >= 15 is 0 Å². The molecule has 0 unspecified atom stereocenters. The number of aryl methyl sites for hydroxylation is 1. The van der Waals surface area contributed by atoms with Crippen molar-refractivity contribution < 1.29 is 8.42 Å². The third kappa shape index (κ3) is 4.27. The summed E-state index contributed by atoms with van der Waals surface area (Å²) in [6.07, 6.45) is 3.26. The predicted octanol–water partition coefficient (Wildman–Crippen LogP) is 3.66. The van der Waals surface area contributed by atoms with Gasteiger partial charge >= 0.3 is 0 Å². The molecule has 26 heavy (non-hydrogen) atoms. The summed E-state index contributed by atoms with van der Waals surface area (Å²) < 4.78 is 27.7. The lowest BCUT2D eigenvalue weighted by molar-refractivity contribution is 0.586. The number of pyridine rings is 1. The zero-order valence-electron chi connectivity index (χ0n) is 14.4. The van der Waals surface area contributed by atoms with Crippen LogP contribution in [-0.2, 0) is 16.6 Å². The van der Waals surface area contributed by atoms with Crippen LogP contribution in [0.4, 0.5) is 0 Å². The van der Waals surface area contributed by atoms with Crippen molar-refractivity contribution in [3.63, 3.8) is 0 Å². The summed E-state index contributed by atoms with van der Waals surface area (Å²) in [6, 6.07) is 14.6. The SMILES string of the molecule is CNCc1cc(-c2ccccc2)n(S(=O)(=O)c2cccnc2C)c1.Cl.Cl. The first-order valence-electron chi connectivity index (χ1n) is 7.62. The van der Waals surface area contributed by atoms with Crippen LogP contribution in [0.3, 0.4) is 0 Å². The van der Waals surface area contributed by atoms with Gasteiger partial charge in [-0.3, -0.25) is 4.98 Å². The van der Waals surface area contributed by atoms with E-state index in [1.54, 1.807) is 31.5 Å². The molecule has 1 aromatic carbocycles. The zero-order valence-corrected chi connectivity index (χ0v) is 16.9. The highest BCUT2D eigenvalue weighted by Gasteiger charge is 2.23. The molecule has 0 atom stereocenters. The first-order valence-corrected chi connectivity index (χ1v) is 9.06. The maximum absolute atomic E-state index is 13.2. The molecule has 3 aromatic rings. The molecule has 0 spiro atoms. The van der Waals surface area contributed by atoms with Crippen molar-refractivity contribution in [2.75, 3.05) is 7.05 Å². The van der Waals surface area contributed by atoms with E-state index < -0.39 is 10.0 Å². The van der Waals surface area contributed by atoms with E-state index in [0.29, 0.717) is 17.9 Å². The van der Waals surface area contributed by atoms with E-state index in [2.05, 4.69) is 10.3 Å². The topological polar surface area (TPSA) is 64.0 Å². The molecule has 0 fully saturated rings. The summed E-state index contributed by atoms with van der Waals surface area (Å²) in [7, 11) is -1.89. The van der Waals surface area contributed by atoms with Gasteiger partial charge in [0.25, 0.3) is 10.0 Å². The standard InChI is InChI=1S/C18H19N3O2S.2ClH/c1-14-18(9-6-10-20-14)24(22,23)21-13-15(12-19-2)11-17(21)16-7-4-3-5-8-16;;/h3-11,13,19H,12H2,1-2H3;2*1H. The normalized spacial score (nSPS) is 10.7. The van der Waals surface area contributed by atoms with Crippen molar-refractivity contribution >= 4 is 34.8 Å². The number of benzene rings is 1. The van der Waals surface area contributed by atoms with Crippen molar-refractivity contribution in [3.8, 4) is 11.3 Å². The molecule has 1 N–H and O–H groups in total. The number of nitrogens with one attached hydrogen (secondary N) is 1. The molecule has 2 aromatic heterocycles. The molecule has 0 aliphatic heterocycles. The minimum atomic E-state index is -3.72. The molecule has 0 radical (unpaired) electrons. The Bertz CT molecular complexity index is 958. The number of rotatable bonds is 5. The van der Waals surface area contributed by atoms with Crippen molar-refractivity contribution in [3.05, 3.63) is 72.2 Å². The fourth-order valence-electron chi connectivity index (χ4n) is 2.66. The second-order valence-electron chi connectivity index (χ2n) is 5.52. The van der Waals surface area contributed by atoms with Gasteiger partial charge in [0, 0.05) is 18.9 Å². The maximum Gasteiger partial charge on any atom is 0.269 e. The molecule has 3 rings (SSSR count). The Kier molecular flexibility index (Phi) is 7.84. The van der Waals surface area contributed by atoms with Gasteiger partial charge in [0.05, 0.1) is 11.4 Å². The smallest absolute Gasteiger partial charge is 0.269 e. The van der Waals surface area contributed by atoms with E-state index in [4.69, 9.17) is 0 Å². The quantitative estimate of drug-likeness (QED) is 0.692. The minimum Gasteiger partial charge on any atom is -0.316 e. The van der Waals surface area contributed by atoms with E-state index in [0.717, 1.165) is 11.1 Å². The lowest BCUT2D eigenvalue weighted by Gasteiger charge is -2.12. The van der Waals surface area contributed by atoms with Gasteiger partial charge in [-0.15, -0.1) is 24.8 Å². The third-order valence-electron chi connectivity index (χ3n) is 3.79. The Morgan fingerprint density at radius 3 is 2.38 bits per heavy atom. The number of halogens is 2. The van der Waals surface area contributed by atoms with Crippen molar-refractivity contribution in [2.24, 2.45) is 0 Å². The number of nitrogens with zero attached hydrogens (tertiary/aromatic N) is 2. The largest absolute Gasteiger partial charge is 0.316 e. The summed E-state index contributed by atoms with van der Waals surface area (Å²) in [5.74, 6) is 0. The molecule has 2 heterocycles. The van der Waals surface area contributed by atoms with Gasteiger partial charge in [0.1, 0.15) is 4.90 Å². The molecule has 140 valence electrons. The number of aromatic nitrogens is 2. The van der Waals surface area contributed by atoms with Gasteiger partial charge in [0.2, 0.25) is 0 Å². The fraction of sp³-hybridized carbons (Fsp3) is 0.167. The van der Waals surface area contributed by atoms with Gasteiger partial charge < -0.3 is 5.32 Å². The Morgan fingerprint density at radius 1 is 1.08 bits per heavy atom. The Hall–Kier alpha value is -1.86. The number of hydrogen-bond donors (Lipinski definition) is 1. The zero-order chi connectivity index (χ0) is 17.2. The van der Waals surface area contributed by atoms with Crippen LogP contribution in [0.25, 0.3) is 11.3 Å². The first kappa shape index (κ1) is 22.2. The van der Waals surface area contributed by atoms with Crippen LogP contribution in [0.5, 0.6) is 0 Å². The fourth-order valence-corrected chi connectivity index (χ4v) is 4.24. The van der Waals surface area contributed by atoms with E-state index in [1.807, 2.05) is 43.4 Å². The van der Waals surface area contributed by atoms with Crippen LogP contribution in [0, 0.1) is 6.92 Å². The Labute approximate surface area is 166 Å². The van der Waals surface area contributed by atoms with Crippen molar-refractivity contribution in [1.29, 1.82) is 0 Å². The van der Waals surface area contributed by atoms with Crippen molar-refractivity contribution in [2.45, 2.75) is 18.4 Å². The van der Waals surface area contributed by atoms with E-state index in [1.165, 1.54) is 3.97 Å². The highest BCUT2D eigenvalue weighted by molar-refractivity contribution is 7.90. The lowest BCUT2D eigenvalue weighted by Crippen LogP contribution is -2.15. The molecular weight excluding hydrogens is 393 g/mol. The molecular formula is C18H21Cl2N3O2S. The lowest BCUT2D eigenvalue weighted by atomic mass is 10.1. The average molecular weight is 414 g/mol. The number of hydrogen-bond acceptors (Lipinski definition) is 4. The molecule has 0 bridgehead atoms. The van der Waals surface area contributed by atoms with Gasteiger partial charge in [-0.1, -0.05) is 30.3 Å². The summed E-state index contributed by atoms with van der Waals surface area (Å²) in [4.78, 5) is 4.33. The first-order chi connectivity index (χ1) is 11.5. The molecule has 0 saturated carbocycles. The second kappa shape index (κ2) is 9.19. The third-order valence-corrected chi connectivity index (χ3v) is 5.60. The molecule has 5 nitrogen and oxygen atoms in total. The second-order valence-corrected chi connectivity index (χ2v) is 7.30. The van der Waals surface area contributed by atoms with E-state index in [-0.39, 0.29) is 29.7 Å². The molecule has 0 saturated heterocycles. The molecule has 0 aliphatic rings. The minimum absolute atomic E-state index is 0. The summed E-state index contributed by atoms with van der Waals surface area (Å²) in [5.41, 5.74) is 2.89. The Balaban J connectivity index is 0.00000169. The van der Waals surface area contributed by atoms with Crippen LogP contribution in [0.2, 0.25) is 0 Å². The van der Waals surface area contributed by atoms with Crippen LogP contribution in [0.1, 0.15) is 11.3 Å². The van der Waals surface area contributed by atoms with Gasteiger partial charge in [-0.25, -0.2) is 12.4 Å². The average Bonchev–Trinajstić information content (AvgIpc) is 3.01. The van der Waals surface area contributed by atoms with Gasteiger partial charge in [-0.05, 0) is 43.3 Å². The van der Waals surface area contributed by atoms with Gasteiger partial charge in [0.15, 0.2) is 0 Å². The molecule has 0 aliphatic carbocycles. The van der Waals surface area contributed by atoms with Crippen LogP contribution in [-0.4, -0.2) is 24.4 Å². The Morgan fingerprint density at radius 2 is 1.77 bits per heavy atom. The van der Waals surface area contributed by atoms with Crippen molar-refractivity contribution in [1.82, 2.24) is 14.3 Å². The monoisotopic (exact) mass is 413 g/mol. The van der Waals surface area contributed by atoms with Crippen LogP contribution in [0.15, 0.2) is 65.8 Å². The van der Waals surface area contributed by atoms with Crippen LogP contribution >= 0.6 is 24.8 Å². The summed E-state index contributed by atoms with van der Waals surface area (Å²) >= 11 is 0. The predicted molar refractivity (Wildman–Crippen MR) is 109 cm³/mol. The highest BCUT2D eigenvalue weighted by Crippen LogP contribution is 2.27. The van der Waals surface area contributed by atoms with E-state index in [9.17, 15) is 8.42 Å². The molecule has 8 heteroatoms. The van der Waals surface area contributed by atoms with Gasteiger partial charge in [-0.2, -0.15) is 0 Å². The maximum atomic E-state index is 13.2.